The zero-order chi connectivity index (χ0) is 13.9. The van der Waals surface area contributed by atoms with E-state index in [-0.39, 0.29) is 5.92 Å². The molecule has 0 aromatic heterocycles. The van der Waals surface area contributed by atoms with Crippen molar-refractivity contribution in [2.75, 3.05) is 20.1 Å². The molecule has 2 N–H and O–H groups in total. The number of aliphatic carboxylic acids is 1. The van der Waals surface area contributed by atoms with Gasteiger partial charge in [-0.3, -0.25) is 9.69 Å². The Bertz CT molecular complexity index is 561. The van der Waals surface area contributed by atoms with Crippen molar-refractivity contribution >= 4 is 5.97 Å². The highest BCUT2D eigenvalue weighted by atomic mass is 16.4. The summed E-state index contributed by atoms with van der Waals surface area (Å²) in [6, 6.07) is 0.870. The molecule has 0 saturated carbocycles. The number of allylic oxidation sites excluding steroid dienone is 1. The van der Waals surface area contributed by atoms with Crippen LogP contribution in [-0.4, -0.2) is 48.2 Å². The van der Waals surface area contributed by atoms with Gasteiger partial charge in [-0.25, -0.2) is 0 Å². The summed E-state index contributed by atoms with van der Waals surface area (Å²) < 4.78 is 0. The highest BCUT2D eigenvalue weighted by Crippen LogP contribution is 2.45. The number of rotatable bonds is 1. The van der Waals surface area contributed by atoms with Crippen LogP contribution < -0.4 is 5.32 Å². The summed E-state index contributed by atoms with van der Waals surface area (Å²) in [5, 5.41) is 13.0. The van der Waals surface area contributed by atoms with Gasteiger partial charge in [0.25, 0.3) is 0 Å². The number of hydrogen-bond acceptors (Lipinski definition) is 3. The maximum Gasteiger partial charge on any atom is 0.311 e. The molecule has 4 nitrogen and oxygen atoms in total. The van der Waals surface area contributed by atoms with Crippen molar-refractivity contribution in [2.24, 2.45) is 11.8 Å². The molecule has 0 bridgehead atoms. The first-order valence-electron chi connectivity index (χ1n) is 7.44. The standard InChI is InChI=1S/C16H20N2O2/c1-18-8-10(16(19)20)5-12-11-3-2-4-13-15(11)9(7-17-13)6-14(12)18/h2-3,5,9-10,13-14,17H,4,6-8H2,1H3,(H,19,20)/t9?,10-,13?,14-/m1/s1. The summed E-state index contributed by atoms with van der Waals surface area (Å²) in [6.45, 7) is 1.70. The van der Waals surface area contributed by atoms with Gasteiger partial charge in [-0.15, -0.1) is 0 Å². The third-order valence-corrected chi connectivity index (χ3v) is 5.29. The number of nitrogens with zero attached hydrogens (tertiary/aromatic N) is 1. The Kier molecular flexibility index (Phi) is 2.66. The third-order valence-electron chi connectivity index (χ3n) is 5.29. The molecule has 2 unspecified atom stereocenters. The summed E-state index contributed by atoms with van der Waals surface area (Å²) in [4.78, 5) is 13.6. The smallest absolute Gasteiger partial charge is 0.311 e. The summed E-state index contributed by atoms with van der Waals surface area (Å²) in [6.07, 6.45) is 8.67. The van der Waals surface area contributed by atoms with Gasteiger partial charge in [-0.2, -0.15) is 0 Å². The molecule has 20 heavy (non-hydrogen) atoms. The monoisotopic (exact) mass is 272 g/mol. The first-order valence-corrected chi connectivity index (χ1v) is 7.44. The normalized spacial score (nSPS) is 39.4. The molecule has 0 amide bonds. The van der Waals surface area contributed by atoms with Crippen LogP contribution >= 0.6 is 0 Å². The average Bonchev–Trinajstić information content (AvgIpc) is 2.84. The lowest BCUT2D eigenvalue weighted by atomic mass is 9.71. The third kappa shape index (κ3) is 1.64. The number of nitrogens with one attached hydrogen (secondary N) is 1. The van der Waals surface area contributed by atoms with Gasteiger partial charge < -0.3 is 10.4 Å². The molecule has 4 heteroatoms. The lowest BCUT2D eigenvalue weighted by molar-refractivity contribution is -0.141. The van der Waals surface area contributed by atoms with Gasteiger partial charge in [0.1, 0.15) is 0 Å². The fourth-order valence-corrected chi connectivity index (χ4v) is 4.35. The van der Waals surface area contributed by atoms with Crippen molar-refractivity contribution in [3.63, 3.8) is 0 Å². The molecular formula is C16H20N2O2. The van der Waals surface area contributed by atoms with E-state index in [0.29, 0.717) is 24.5 Å². The fraction of sp³-hybridized carbons (Fsp3) is 0.562. The van der Waals surface area contributed by atoms with E-state index in [1.165, 1.54) is 16.7 Å². The van der Waals surface area contributed by atoms with E-state index in [1.807, 2.05) is 6.08 Å². The topological polar surface area (TPSA) is 52.6 Å². The van der Waals surface area contributed by atoms with Gasteiger partial charge in [0.2, 0.25) is 0 Å². The van der Waals surface area contributed by atoms with E-state index in [4.69, 9.17) is 0 Å². The second-order valence-corrected chi connectivity index (χ2v) is 6.42. The first-order chi connectivity index (χ1) is 9.65. The predicted molar refractivity (Wildman–Crippen MR) is 76.3 cm³/mol. The van der Waals surface area contributed by atoms with Crippen LogP contribution in [0.25, 0.3) is 0 Å². The number of carbonyl (C=O) groups is 1. The zero-order valence-electron chi connectivity index (χ0n) is 11.7. The minimum absolute atomic E-state index is 0.376. The fourth-order valence-electron chi connectivity index (χ4n) is 4.35. The molecule has 1 saturated heterocycles. The van der Waals surface area contributed by atoms with Crippen LogP contribution in [0.5, 0.6) is 0 Å². The predicted octanol–water partition coefficient (Wildman–Crippen LogP) is 1.18. The van der Waals surface area contributed by atoms with E-state index in [9.17, 15) is 9.90 Å². The zero-order valence-corrected chi connectivity index (χ0v) is 11.7. The van der Waals surface area contributed by atoms with Crippen molar-refractivity contribution < 1.29 is 9.90 Å². The lowest BCUT2D eigenvalue weighted by Crippen LogP contribution is -2.46. The Balaban J connectivity index is 1.83. The molecule has 4 aliphatic rings. The van der Waals surface area contributed by atoms with Crippen molar-refractivity contribution in [1.82, 2.24) is 10.2 Å². The molecule has 4 atom stereocenters. The Morgan fingerprint density at radius 3 is 3.15 bits per heavy atom. The summed E-state index contributed by atoms with van der Waals surface area (Å²) in [7, 11) is 2.06. The van der Waals surface area contributed by atoms with Crippen molar-refractivity contribution in [3.8, 4) is 0 Å². The van der Waals surface area contributed by atoms with Gasteiger partial charge >= 0.3 is 5.97 Å². The largest absolute Gasteiger partial charge is 0.481 e. The molecule has 0 aromatic rings. The summed E-state index contributed by atoms with van der Waals surface area (Å²) in [5.41, 5.74) is 4.11. The first kappa shape index (κ1) is 12.4. The van der Waals surface area contributed by atoms with E-state index in [0.717, 1.165) is 19.4 Å². The SMILES string of the molecule is CN1C[C@H](C(=O)O)C=C2C3=C4C(CNC4CC=C3)C[C@H]21. The second-order valence-electron chi connectivity index (χ2n) is 6.42. The molecule has 0 radical (unpaired) electrons. The van der Waals surface area contributed by atoms with Crippen molar-refractivity contribution in [3.05, 3.63) is 34.9 Å². The minimum atomic E-state index is -0.712. The maximum atomic E-state index is 11.4. The molecule has 4 rings (SSSR count). The molecule has 1 fully saturated rings. The quantitative estimate of drug-likeness (QED) is 0.752. The van der Waals surface area contributed by atoms with Crippen LogP contribution in [0.4, 0.5) is 0 Å². The van der Waals surface area contributed by atoms with Crippen LogP contribution in [0.15, 0.2) is 34.9 Å². The van der Waals surface area contributed by atoms with Crippen molar-refractivity contribution in [2.45, 2.75) is 24.9 Å². The van der Waals surface area contributed by atoms with Gasteiger partial charge in [0, 0.05) is 25.2 Å². The van der Waals surface area contributed by atoms with Gasteiger partial charge in [-0.1, -0.05) is 18.2 Å². The average molecular weight is 272 g/mol. The molecule has 2 heterocycles. The number of carboxylic acid groups (broad SMARTS) is 1. The molecule has 2 aliphatic heterocycles. The van der Waals surface area contributed by atoms with Crippen LogP contribution in [0.2, 0.25) is 0 Å². The Morgan fingerprint density at radius 2 is 2.35 bits per heavy atom. The number of carboxylic acids is 1. The lowest BCUT2D eigenvalue weighted by Gasteiger charge is -2.42. The van der Waals surface area contributed by atoms with E-state index in [1.54, 1.807) is 0 Å². The van der Waals surface area contributed by atoms with Crippen LogP contribution in [0.1, 0.15) is 12.8 Å². The molecular weight excluding hydrogens is 252 g/mol. The highest BCUT2D eigenvalue weighted by Gasteiger charge is 2.43. The van der Waals surface area contributed by atoms with Gasteiger partial charge in [-0.05, 0) is 42.5 Å². The Morgan fingerprint density at radius 1 is 1.50 bits per heavy atom. The number of fused-ring (bicyclic) bond motifs is 2. The van der Waals surface area contributed by atoms with Gasteiger partial charge in [0.05, 0.1) is 5.92 Å². The molecule has 0 spiro atoms. The van der Waals surface area contributed by atoms with Crippen LogP contribution in [0, 0.1) is 11.8 Å². The molecule has 106 valence electrons. The summed E-state index contributed by atoms with van der Waals surface area (Å²) >= 11 is 0. The minimum Gasteiger partial charge on any atom is -0.481 e. The summed E-state index contributed by atoms with van der Waals surface area (Å²) in [5.74, 6) is -0.457. The molecule has 2 aliphatic carbocycles. The molecule has 0 aromatic carbocycles. The number of likely N-dealkylation sites (N-methyl/N-ethyl adjacent to an activating group) is 1. The van der Waals surface area contributed by atoms with Crippen molar-refractivity contribution in [1.29, 1.82) is 0 Å². The Labute approximate surface area is 118 Å². The second kappa shape index (κ2) is 4.30. The maximum absolute atomic E-state index is 11.4. The number of hydrogen-bond donors (Lipinski definition) is 2. The van der Waals surface area contributed by atoms with E-state index in [2.05, 4.69) is 29.4 Å². The van der Waals surface area contributed by atoms with E-state index >= 15 is 0 Å². The highest BCUT2D eigenvalue weighted by molar-refractivity contribution is 5.74. The van der Waals surface area contributed by atoms with Crippen LogP contribution in [-0.2, 0) is 4.79 Å². The Hall–Kier alpha value is -1.39. The van der Waals surface area contributed by atoms with E-state index < -0.39 is 5.97 Å². The van der Waals surface area contributed by atoms with Crippen LogP contribution in [0.3, 0.4) is 0 Å². The van der Waals surface area contributed by atoms with Gasteiger partial charge in [0.15, 0.2) is 0 Å².